The summed E-state index contributed by atoms with van der Waals surface area (Å²) in [6.45, 7) is 3.71. The molecule has 4 fully saturated rings. The summed E-state index contributed by atoms with van der Waals surface area (Å²) in [5.74, 6) is 1.66. The number of aromatic nitrogens is 5. The molecule has 0 spiro atoms. The average Bonchev–Trinajstić information content (AvgIpc) is 3.29. The van der Waals surface area contributed by atoms with Gasteiger partial charge in [-0.2, -0.15) is 0 Å². The molecule has 0 amide bonds. The van der Waals surface area contributed by atoms with Gasteiger partial charge < -0.3 is 25.2 Å². The molecule has 2 unspecified atom stereocenters. The number of fused-ring (bicyclic) bond motifs is 4. The third-order valence-corrected chi connectivity index (χ3v) is 7.96. The van der Waals surface area contributed by atoms with E-state index < -0.39 is 5.97 Å². The van der Waals surface area contributed by atoms with Crippen molar-refractivity contribution in [2.24, 2.45) is 17.8 Å². The van der Waals surface area contributed by atoms with Crippen LogP contribution >= 0.6 is 0 Å². The van der Waals surface area contributed by atoms with Gasteiger partial charge >= 0.3 is 5.97 Å². The van der Waals surface area contributed by atoms with Gasteiger partial charge in [-0.15, -0.1) is 0 Å². The molecule has 10 nitrogen and oxygen atoms in total. The molecule has 0 radical (unpaired) electrons. The molecule has 1 saturated heterocycles. The molecule has 34 heavy (non-hydrogen) atoms. The number of H-pyrrole nitrogens is 1. The van der Waals surface area contributed by atoms with Crippen LogP contribution < -0.4 is 10.2 Å². The van der Waals surface area contributed by atoms with E-state index in [1.165, 1.54) is 6.33 Å². The number of aromatic amines is 1. The van der Waals surface area contributed by atoms with E-state index in [2.05, 4.69) is 37.1 Å². The number of nitrogens with zero attached hydrogens (tertiary/aromatic N) is 6. The molecular formula is C24H30N8O2. The van der Waals surface area contributed by atoms with Crippen LogP contribution in [0, 0.1) is 17.8 Å². The van der Waals surface area contributed by atoms with Crippen LogP contribution in [0.3, 0.4) is 0 Å². The van der Waals surface area contributed by atoms with E-state index in [4.69, 9.17) is 9.97 Å². The maximum atomic E-state index is 12.2. The molecule has 178 valence electrons. The summed E-state index contributed by atoms with van der Waals surface area (Å²) in [5.41, 5.74) is 1.58. The molecule has 3 aromatic rings. The highest BCUT2D eigenvalue weighted by Crippen LogP contribution is 2.46. The molecule has 3 saturated carbocycles. The lowest BCUT2D eigenvalue weighted by Gasteiger charge is -2.47. The molecule has 7 rings (SSSR count). The fourth-order valence-electron chi connectivity index (χ4n) is 6.05. The zero-order chi connectivity index (χ0) is 23.2. The monoisotopic (exact) mass is 462 g/mol. The van der Waals surface area contributed by atoms with Crippen molar-refractivity contribution in [3.8, 4) is 11.4 Å². The SMILES string of the molecule is CN1CCN(c2cc(NC3C4CCC(CC4)C3C(=O)O)nc(-c3c[nH]c4ncncc34)n2)CC1. The Hall–Kier alpha value is -3.27. The number of likely N-dealkylation sites (N-methyl/N-ethyl adjacent to an activating group) is 1. The lowest BCUT2D eigenvalue weighted by atomic mass is 9.61. The van der Waals surface area contributed by atoms with Gasteiger partial charge in [-0.05, 0) is 44.6 Å². The number of anilines is 2. The van der Waals surface area contributed by atoms with Crippen molar-refractivity contribution < 1.29 is 9.90 Å². The van der Waals surface area contributed by atoms with Gasteiger partial charge in [0.25, 0.3) is 0 Å². The van der Waals surface area contributed by atoms with Crippen molar-refractivity contribution in [2.45, 2.75) is 31.7 Å². The predicted octanol–water partition coefficient (Wildman–Crippen LogP) is 2.47. The van der Waals surface area contributed by atoms with Crippen LogP contribution in [0.1, 0.15) is 25.7 Å². The van der Waals surface area contributed by atoms with Gasteiger partial charge in [0.05, 0.1) is 5.92 Å². The minimum atomic E-state index is -0.700. The standard InChI is InChI=1S/C24H30N8O2/c1-31-6-8-32(9-7-31)19-10-18(28-21-15-4-2-14(3-5-15)20(21)24(33)34)29-23(30-19)17-12-26-22-16(17)11-25-13-27-22/h10-15,20-21H,2-9H2,1H3,(H,33,34)(H,25,26,27)(H,28,29,30). The first-order valence-electron chi connectivity index (χ1n) is 12.2. The first-order chi connectivity index (χ1) is 16.6. The summed E-state index contributed by atoms with van der Waals surface area (Å²) >= 11 is 0. The van der Waals surface area contributed by atoms with Crippen molar-refractivity contribution in [2.75, 3.05) is 43.4 Å². The van der Waals surface area contributed by atoms with E-state index in [1.54, 1.807) is 6.20 Å². The fraction of sp³-hybridized carbons (Fsp3) is 0.542. The van der Waals surface area contributed by atoms with Gasteiger partial charge in [0.1, 0.15) is 23.6 Å². The highest BCUT2D eigenvalue weighted by atomic mass is 16.4. The summed E-state index contributed by atoms with van der Waals surface area (Å²) in [5, 5.41) is 14.4. The Morgan fingerprint density at radius 3 is 2.65 bits per heavy atom. The number of carboxylic acids is 1. The third-order valence-electron chi connectivity index (χ3n) is 7.96. The Morgan fingerprint density at radius 1 is 1.12 bits per heavy atom. The van der Waals surface area contributed by atoms with Crippen molar-refractivity contribution in [3.63, 3.8) is 0 Å². The van der Waals surface area contributed by atoms with Crippen molar-refractivity contribution in [3.05, 3.63) is 24.8 Å². The van der Waals surface area contributed by atoms with Gasteiger partial charge in [-0.25, -0.2) is 19.9 Å². The second-order valence-electron chi connectivity index (χ2n) is 9.92. The molecule has 3 aromatic heterocycles. The molecule has 4 heterocycles. The van der Waals surface area contributed by atoms with Gasteiger partial charge in [-0.1, -0.05) is 0 Å². The number of carbonyl (C=O) groups is 1. The quantitative estimate of drug-likeness (QED) is 0.525. The highest BCUT2D eigenvalue weighted by molar-refractivity contribution is 5.91. The Labute approximate surface area is 197 Å². The topological polar surface area (TPSA) is 123 Å². The van der Waals surface area contributed by atoms with E-state index in [-0.39, 0.29) is 17.9 Å². The Kier molecular flexibility index (Phi) is 5.32. The minimum absolute atomic E-state index is 0.112. The van der Waals surface area contributed by atoms with Crippen LogP contribution in [0.4, 0.5) is 11.6 Å². The number of rotatable bonds is 5. The van der Waals surface area contributed by atoms with Crippen LogP contribution in [0.5, 0.6) is 0 Å². The van der Waals surface area contributed by atoms with Gasteiger partial charge in [0.15, 0.2) is 5.82 Å². The predicted molar refractivity (Wildman–Crippen MR) is 129 cm³/mol. The summed E-state index contributed by atoms with van der Waals surface area (Å²) in [6, 6.07) is 1.88. The van der Waals surface area contributed by atoms with Crippen LogP contribution in [-0.4, -0.2) is 80.2 Å². The lowest BCUT2D eigenvalue weighted by molar-refractivity contribution is -0.148. The smallest absolute Gasteiger partial charge is 0.308 e. The third kappa shape index (κ3) is 3.75. The van der Waals surface area contributed by atoms with Gasteiger partial charge in [-0.3, -0.25) is 4.79 Å². The molecule has 1 aliphatic heterocycles. The normalized spacial score (nSPS) is 27.3. The van der Waals surface area contributed by atoms with E-state index >= 15 is 0 Å². The summed E-state index contributed by atoms with van der Waals surface area (Å²) in [4.78, 5) is 38.3. The largest absolute Gasteiger partial charge is 0.481 e. The summed E-state index contributed by atoms with van der Waals surface area (Å²) in [7, 11) is 2.13. The van der Waals surface area contributed by atoms with Gasteiger partial charge in [0.2, 0.25) is 0 Å². The van der Waals surface area contributed by atoms with Gasteiger partial charge in [0, 0.05) is 61.6 Å². The van der Waals surface area contributed by atoms with Crippen LogP contribution in [-0.2, 0) is 4.79 Å². The number of hydrogen-bond donors (Lipinski definition) is 3. The van der Waals surface area contributed by atoms with Crippen molar-refractivity contribution in [1.82, 2.24) is 29.8 Å². The second-order valence-corrected chi connectivity index (χ2v) is 9.92. The zero-order valence-corrected chi connectivity index (χ0v) is 19.3. The molecule has 10 heteroatoms. The average molecular weight is 463 g/mol. The van der Waals surface area contributed by atoms with Crippen LogP contribution in [0.15, 0.2) is 24.8 Å². The zero-order valence-electron chi connectivity index (χ0n) is 19.3. The van der Waals surface area contributed by atoms with E-state index in [1.807, 2.05) is 12.3 Å². The first kappa shape index (κ1) is 21.3. The summed E-state index contributed by atoms with van der Waals surface area (Å²) in [6.07, 6.45) is 9.33. The molecule has 3 N–H and O–H groups in total. The molecule has 2 bridgehead atoms. The number of hydrogen-bond acceptors (Lipinski definition) is 8. The van der Waals surface area contributed by atoms with E-state index in [9.17, 15) is 9.90 Å². The lowest BCUT2D eigenvalue weighted by Crippen LogP contribution is -2.51. The first-order valence-corrected chi connectivity index (χ1v) is 12.2. The van der Waals surface area contributed by atoms with Crippen molar-refractivity contribution >= 4 is 28.6 Å². The van der Waals surface area contributed by atoms with E-state index in [0.29, 0.717) is 17.6 Å². The Morgan fingerprint density at radius 2 is 1.88 bits per heavy atom. The molecule has 3 aliphatic carbocycles. The van der Waals surface area contributed by atoms with E-state index in [0.717, 1.165) is 74.3 Å². The fourth-order valence-corrected chi connectivity index (χ4v) is 6.05. The maximum Gasteiger partial charge on any atom is 0.308 e. The minimum Gasteiger partial charge on any atom is -0.481 e. The van der Waals surface area contributed by atoms with Crippen LogP contribution in [0.2, 0.25) is 0 Å². The number of aliphatic carboxylic acids is 1. The number of carboxylic acid groups (broad SMARTS) is 1. The second kappa shape index (κ2) is 8.50. The Bertz CT molecular complexity index is 1200. The highest BCUT2D eigenvalue weighted by Gasteiger charge is 2.47. The number of piperazine rings is 1. The number of nitrogens with one attached hydrogen (secondary N) is 2. The van der Waals surface area contributed by atoms with Crippen molar-refractivity contribution in [1.29, 1.82) is 0 Å². The molecule has 0 aromatic carbocycles. The molecular weight excluding hydrogens is 432 g/mol. The summed E-state index contributed by atoms with van der Waals surface area (Å²) < 4.78 is 0. The Balaban J connectivity index is 1.39. The maximum absolute atomic E-state index is 12.2. The van der Waals surface area contributed by atoms with Crippen LogP contribution in [0.25, 0.3) is 22.4 Å². The molecule has 2 atom stereocenters. The molecule has 4 aliphatic rings.